The second kappa shape index (κ2) is 8.24. The highest BCUT2D eigenvalue weighted by Crippen LogP contribution is 2.44. The molecule has 2 aliphatic carbocycles. The van der Waals surface area contributed by atoms with Gasteiger partial charge >= 0.3 is 5.97 Å². The van der Waals surface area contributed by atoms with Gasteiger partial charge in [-0.2, -0.15) is 0 Å². The number of ether oxygens (including phenoxy) is 1. The molecule has 0 spiro atoms. The number of rotatable bonds is 5. The van der Waals surface area contributed by atoms with Crippen LogP contribution in [0.1, 0.15) is 42.5 Å². The predicted octanol–water partition coefficient (Wildman–Crippen LogP) is 5.73. The molecular weight excluding hydrogens is 409 g/mol. The number of hydrogen-bond acceptors (Lipinski definition) is 4. The summed E-state index contributed by atoms with van der Waals surface area (Å²) in [6.07, 6.45) is 4.84. The lowest BCUT2D eigenvalue weighted by Gasteiger charge is -2.35. The number of alkyl halides is 2. The Labute approximate surface area is 178 Å². The van der Waals surface area contributed by atoms with Gasteiger partial charge in [0.05, 0.1) is 18.4 Å². The molecule has 1 aromatic rings. The van der Waals surface area contributed by atoms with Crippen LogP contribution in [0.5, 0.6) is 5.75 Å². The molecule has 0 radical (unpaired) electrons. The average Bonchev–Trinajstić information content (AvgIpc) is 2.74. The summed E-state index contributed by atoms with van der Waals surface area (Å²) in [4.78, 5) is 16.3. The molecule has 4 rings (SSSR count). The lowest BCUT2D eigenvalue weighted by molar-refractivity contribution is -0.0417. The molecule has 0 aromatic heterocycles. The van der Waals surface area contributed by atoms with Crippen LogP contribution in [0, 0.1) is 11.8 Å². The molecule has 31 heavy (non-hydrogen) atoms. The second-order valence-corrected chi connectivity index (χ2v) is 8.06. The van der Waals surface area contributed by atoms with Crippen molar-refractivity contribution in [2.45, 2.75) is 38.0 Å². The number of allylic oxidation sites excluding steroid dienone is 4. The number of nitrogens with zero attached hydrogens (tertiary/aromatic N) is 1. The first-order chi connectivity index (χ1) is 14.8. The Morgan fingerprint density at radius 1 is 1.26 bits per heavy atom. The van der Waals surface area contributed by atoms with Crippen molar-refractivity contribution in [1.29, 1.82) is 0 Å². The molecule has 0 saturated heterocycles. The number of halogens is 3. The Morgan fingerprint density at radius 2 is 2.00 bits per heavy atom. The van der Waals surface area contributed by atoms with Crippen molar-refractivity contribution in [3.8, 4) is 5.75 Å². The first-order valence-electron chi connectivity index (χ1n) is 10.2. The van der Waals surface area contributed by atoms with E-state index in [-0.39, 0.29) is 49.4 Å². The summed E-state index contributed by atoms with van der Waals surface area (Å²) >= 11 is 0. The third-order valence-electron chi connectivity index (χ3n) is 6.09. The minimum Gasteiger partial charge on any atom is -0.497 e. The van der Waals surface area contributed by atoms with Gasteiger partial charge in [-0.15, -0.1) is 0 Å². The molecule has 1 atom stereocenters. The third-order valence-corrected chi connectivity index (χ3v) is 6.09. The van der Waals surface area contributed by atoms with E-state index in [0.29, 0.717) is 22.8 Å². The Balaban J connectivity index is 1.75. The van der Waals surface area contributed by atoms with Crippen molar-refractivity contribution in [3.63, 3.8) is 0 Å². The topological polar surface area (TPSA) is 70.9 Å². The Bertz CT molecular complexity index is 1020. The molecule has 0 amide bonds. The van der Waals surface area contributed by atoms with Gasteiger partial charge < -0.3 is 15.2 Å². The van der Waals surface area contributed by atoms with Crippen molar-refractivity contribution >= 4 is 17.9 Å². The Kier molecular flexibility index (Phi) is 5.64. The zero-order chi connectivity index (χ0) is 22.2. The largest absolute Gasteiger partial charge is 0.497 e. The van der Waals surface area contributed by atoms with Crippen molar-refractivity contribution in [2.75, 3.05) is 12.4 Å². The van der Waals surface area contributed by atoms with Crippen LogP contribution in [0.25, 0.3) is 0 Å². The number of benzene rings is 1. The van der Waals surface area contributed by atoms with Gasteiger partial charge in [-0.3, -0.25) is 4.99 Å². The Morgan fingerprint density at radius 3 is 2.68 bits per heavy atom. The number of aromatic carboxylic acids is 1. The minimum absolute atomic E-state index is 0.00115. The summed E-state index contributed by atoms with van der Waals surface area (Å²) in [5.74, 6) is -4.33. The van der Waals surface area contributed by atoms with Crippen molar-refractivity contribution in [3.05, 3.63) is 58.7 Å². The SMILES string of the molecule is COc1ccc(NC2=C(C3CCC(F)(F)CC3)C=NC3=CC=C(F)CC32)c(C(=O)O)c1. The first-order valence-corrected chi connectivity index (χ1v) is 10.2. The monoisotopic (exact) mass is 432 g/mol. The molecule has 1 heterocycles. The number of carboxylic acids is 1. The van der Waals surface area contributed by atoms with E-state index in [1.54, 1.807) is 24.4 Å². The zero-order valence-electron chi connectivity index (χ0n) is 17.0. The number of fused-ring (bicyclic) bond motifs is 1. The van der Waals surface area contributed by atoms with Gasteiger partial charge in [-0.05, 0) is 54.7 Å². The van der Waals surface area contributed by atoms with Crippen LogP contribution in [-0.2, 0) is 0 Å². The van der Waals surface area contributed by atoms with Gasteiger partial charge in [0.15, 0.2) is 0 Å². The molecule has 1 unspecified atom stereocenters. The summed E-state index contributed by atoms with van der Waals surface area (Å²) in [7, 11) is 1.44. The molecule has 0 bridgehead atoms. The quantitative estimate of drug-likeness (QED) is 0.624. The average molecular weight is 432 g/mol. The van der Waals surface area contributed by atoms with Crippen molar-refractivity contribution < 1.29 is 27.8 Å². The molecule has 164 valence electrons. The molecule has 2 N–H and O–H groups in total. The molecule has 1 fully saturated rings. The third kappa shape index (κ3) is 4.38. The fourth-order valence-electron chi connectivity index (χ4n) is 4.37. The highest BCUT2D eigenvalue weighted by atomic mass is 19.3. The summed E-state index contributed by atoms with van der Waals surface area (Å²) in [6, 6.07) is 4.62. The molecule has 1 aliphatic heterocycles. The van der Waals surface area contributed by atoms with E-state index in [0.717, 1.165) is 5.57 Å². The fourth-order valence-corrected chi connectivity index (χ4v) is 4.37. The molecule has 1 aromatic carbocycles. The number of dihydropyridines is 1. The maximum atomic E-state index is 14.1. The molecule has 3 aliphatic rings. The van der Waals surface area contributed by atoms with Crippen molar-refractivity contribution in [2.24, 2.45) is 16.8 Å². The number of hydrogen-bond donors (Lipinski definition) is 2. The highest BCUT2D eigenvalue weighted by Gasteiger charge is 2.39. The molecule has 1 saturated carbocycles. The van der Waals surface area contributed by atoms with Crippen LogP contribution in [-0.4, -0.2) is 30.3 Å². The Hall–Kier alpha value is -3.03. The molecule has 5 nitrogen and oxygen atoms in total. The van der Waals surface area contributed by atoms with E-state index in [9.17, 15) is 23.1 Å². The summed E-state index contributed by atoms with van der Waals surface area (Å²) in [5.41, 5.74) is 2.33. The smallest absolute Gasteiger partial charge is 0.337 e. The van der Waals surface area contributed by atoms with Gasteiger partial charge in [-0.25, -0.2) is 18.0 Å². The second-order valence-electron chi connectivity index (χ2n) is 8.06. The van der Waals surface area contributed by atoms with E-state index in [1.807, 2.05) is 0 Å². The van der Waals surface area contributed by atoms with E-state index >= 15 is 0 Å². The number of carboxylic acid groups (broad SMARTS) is 1. The van der Waals surface area contributed by atoms with Crippen LogP contribution in [0.2, 0.25) is 0 Å². The number of aliphatic imine (C=N–C) groups is 1. The maximum Gasteiger partial charge on any atom is 0.337 e. The van der Waals surface area contributed by atoms with Crippen LogP contribution in [0.15, 0.2) is 58.1 Å². The first kappa shape index (κ1) is 21.2. The highest BCUT2D eigenvalue weighted by molar-refractivity contribution is 5.95. The van der Waals surface area contributed by atoms with Gasteiger partial charge in [0, 0.05) is 42.8 Å². The van der Waals surface area contributed by atoms with Gasteiger partial charge in [0.2, 0.25) is 5.92 Å². The van der Waals surface area contributed by atoms with Gasteiger partial charge in [-0.1, -0.05) is 0 Å². The van der Waals surface area contributed by atoms with Gasteiger partial charge in [0.25, 0.3) is 0 Å². The summed E-state index contributed by atoms with van der Waals surface area (Å²) < 4.78 is 46.7. The number of methoxy groups -OCH3 is 1. The number of nitrogens with one attached hydrogen (secondary N) is 1. The van der Waals surface area contributed by atoms with Crippen molar-refractivity contribution in [1.82, 2.24) is 0 Å². The summed E-state index contributed by atoms with van der Waals surface area (Å²) in [6.45, 7) is 0. The standard InChI is InChI=1S/C23H23F3N2O3/c1-31-15-3-5-20(17(11-15)22(29)30)28-21-16-10-14(24)2-4-19(16)27-12-18(21)13-6-8-23(25,26)9-7-13/h2-5,11-13,16,28H,6-10H2,1H3,(H,29,30). The fraction of sp³-hybridized carbons (Fsp3) is 0.391. The van der Waals surface area contributed by atoms with Gasteiger partial charge in [0.1, 0.15) is 11.6 Å². The summed E-state index contributed by atoms with van der Waals surface area (Å²) in [5, 5.41) is 12.9. The van der Waals surface area contributed by atoms with E-state index < -0.39 is 17.8 Å². The lowest BCUT2D eigenvalue weighted by Crippen LogP contribution is -2.30. The molecule has 8 heteroatoms. The minimum atomic E-state index is -2.67. The van der Waals surface area contributed by atoms with Crippen LogP contribution in [0.4, 0.5) is 18.9 Å². The predicted molar refractivity (Wildman–Crippen MR) is 111 cm³/mol. The zero-order valence-corrected chi connectivity index (χ0v) is 17.0. The normalized spacial score (nSPS) is 23.0. The van der Waals surface area contributed by atoms with Crippen LogP contribution < -0.4 is 10.1 Å². The molecular formula is C23H23F3N2O3. The number of carbonyl (C=O) groups is 1. The van der Waals surface area contributed by atoms with E-state index in [4.69, 9.17) is 4.74 Å². The van der Waals surface area contributed by atoms with Crippen LogP contribution in [0.3, 0.4) is 0 Å². The van der Waals surface area contributed by atoms with E-state index in [2.05, 4.69) is 10.3 Å². The van der Waals surface area contributed by atoms with Crippen LogP contribution >= 0.6 is 0 Å². The number of anilines is 1. The lowest BCUT2D eigenvalue weighted by atomic mass is 9.77. The van der Waals surface area contributed by atoms with E-state index in [1.165, 1.54) is 19.3 Å². The maximum absolute atomic E-state index is 14.1.